The van der Waals surface area contributed by atoms with Crippen LogP contribution in [0.25, 0.3) is 0 Å². The van der Waals surface area contributed by atoms with Gasteiger partial charge in [-0.05, 0) is 43.2 Å². The smallest absolute Gasteiger partial charge is 0.223 e. The highest BCUT2D eigenvalue weighted by atomic mass is 16.3. The zero-order chi connectivity index (χ0) is 14.8. The molecule has 0 fully saturated rings. The summed E-state index contributed by atoms with van der Waals surface area (Å²) in [5.41, 5.74) is 1.73. The normalized spacial score (nSPS) is 17.9. The number of carbonyl (C=O) groups is 1. The molecule has 1 unspecified atom stereocenters. The van der Waals surface area contributed by atoms with Crippen molar-refractivity contribution >= 4 is 5.91 Å². The molecule has 20 heavy (non-hydrogen) atoms. The highest BCUT2D eigenvalue weighted by Gasteiger charge is 2.29. The summed E-state index contributed by atoms with van der Waals surface area (Å²) in [6.45, 7) is 6.27. The topological polar surface area (TPSA) is 49.3 Å². The molecule has 0 saturated heterocycles. The zero-order valence-corrected chi connectivity index (χ0v) is 12.6. The Morgan fingerprint density at radius 1 is 1.35 bits per heavy atom. The maximum absolute atomic E-state index is 12.2. The summed E-state index contributed by atoms with van der Waals surface area (Å²) >= 11 is 0. The SMILES string of the molecule is CC(C)CC(C)(O)CNC(=O)C1Cc2ccccc2C1. The van der Waals surface area contributed by atoms with Crippen LogP contribution in [0.5, 0.6) is 0 Å². The van der Waals surface area contributed by atoms with Crippen molar-refractivity contribution in [2.75, 3.05) is 6.54 Å². The molecule has 1 atom stereocenters. The Kier molecular flexibility index (Phi) is 4.48. The molecule has 2 N–H and O–H groups in total. The van der Waals surface area contributed by atoms with Crippen LogP contribution in [0.2, 0.25) is 0 Å². The number of fused-ring (bicyclic) bond motifs is 1. The van der Waals surface area contributed by atoms with Gasteiger partial charge < -0.3 is 10.4 Å². The number of hydrogen-bond acceptors (Lipinski definition) is 2. The molecule has 1 aromatic rings. The van der Waals surface area contributed by atoms with Crippen LogP contribution in [0.4, 0.5) is 0 Å². The summed E-state index contributed by atoms with van der Waals surface area (Å²) in [5, 5.41) is 13.2. The molecule has 1 aliphatic carbocycles. The van der Waals surface area contributed by atoms with Crippen molar-refractivity contribution in [3.8, 4) is 0 Å². The summed E-state index contributed by atoms with van der Waals surface area (Å²) in [4.78, 5) is 12.2. The molecule has 2 rings (SSSR count). The number of aliphatic hydroxyl groups is 1. The summed E-state index contributed by atoms with van der Waals surface area (Å²) < 4.78 is 0. The number of carbonyl (C=O) groups excluding carboxylic acids is 1. The Morgan fingerprint density at radius 3 is 2.40 bits per heavy atom. The number of amides is 1. The van der Waals surface area contributed by atoms with Crippen molar-refractivity contribution < 1.29 is 9.90 Å². The second-order valence-electron chi connectivity index (χ2n) is 6.69. The predicted octanol–water partition coefficient (Wildman–Crippen LogP) is 2.31. The van der Waals surface area contributed by atoms with E-state index in [2.05, 4.69) is 31.3 Å². The Labute approximate surface area is 121 Å². The molecule has 0 spiro atoms. The lowest BCUT2D eigenvalue weighted by Gasteiger charge is -2.26. The molecular formula is C17H25NO2. The third-order valence-electron chi connectivity index (χ3n) is 3.91. The van der Waals surface area contributed by atoms with Gasteiger partial charge in [0, 0.05) is 12.5 Å². The lowest BCUT2D eigenvalue weighted by molar-refractivity contribution is -0.126. The van der Waals surface area contributed by atoms with Gasteiger partial charge in [-0.25, -0.2) is 0 Å². The zero-order valence-electron chi connectivity index (χ0n) is 12.6. The van der Waals surface area contributed by atoms with Crippen LogP contribution in [0.3, 0.4) is 0 Å². The number of benzene rings is 1. The van der Waals surface area contributed by atoms with E-state index in [0.717, 1.165) is 12.8 Å². The van der Waals surface area contributed by atoms with Gasteiger partial charge in [0.05, 0.1) is 5.60 Å². The predicted molar refractivity (Wildman–Crippen MR) is 80.4 cm³/mol. The first kappa shape index (κ1) is 15.0. The van der Waals surface area contributed by atoms with Gasteiger partial charge in [-0.2, -0.15) is 0 Å². The molecule has 0 aliphatic heterocycles. The van der Waals surface area contributed by atoms with Crippen LogP contribution in [-0.2, 0) is 17.6 Å². The molecule has 110 valence electrons. The van der Waals surface area contributed by atoms with E-state index in [1.807, 2.05) is 12.1 Å². The molecular weight excluding hydrogens is 250 g/mol. The minimum Gasteiger partial charge on any atom is -0.388 e. The summed E-state index contributed by atoms with van der Waals surface area (Å²) in [7, 11) is 0. The van der Waals surface area contributed by atoms with E-state index in [0.29, 0.717) is 18.9 Å². The fourth-order valence-electron chi connectivity index (χ4n) is 3.12. The van der Waals surface area contributed by atoms with E-state index in [1.54, 1.807) is 6.92 Å². The highest BCUT2D eigenvalue weighted by molar-refractivity contribution is 5.80. The van der Waals surface area contributed by atoms with Gasteiger partial charge in [-0.1, -0.05) is 38.1 Å². The first-order valence-electron chi connectivity index (χ1n) is 7.44. The maximum Gasteiger partial charge on any atom is 0.223 e. The highest BCUT2D eigenvalue weighted by Crippen LogP contribution is 2.26. The van der Waals surface area contributed by atoms with Crippen LogP contribution in [-0.4, -0.2) is 23.2 Å². The monoisotopic (exact) mass is 275 g/mol. The van der Waals surface area contributed by atoms with Crippen molar-refractivity contribution in [3.05, 3.63) is 35.4 Å². The van der Waals surface area contributed by atoms with Crippen LogP contribution < -0.4 is 5.32 Å². The molecule has 0 heterocycles. The molecule has 0 bridgehead atoms. The third-order valence-corrected chi connectivity index (χ3v) is 3.91. The summed E-state index contributed by atoms with van der Waals surface area (Å²) in [5.74, 6) is 0.491. The molecule has 1 amide bonds. The fourth-order valence-corrected chi connectivity index (χ4v) is 3.12. The van der Waals surface area contributed by atoms with Crippen molar-refractivity contribution in [1.29, 1.82) is 0 Å². The van der Waals surface area contributed by atoms with Gasteiger partial charge in [0.2, 0.25) is 5.91 Å². The van der Waals surface area contributed by atoms with Crippen molar-refractivity contribution in [2.45, 2.75) is 45.6 Å². The lowest BCUT2D eigenvalue weighted by Crippen LogP contribution is -2.43. The molecule has 3 nitrogen and oxygen atoms in total. The van der Waals surface area contributed by atoms with Crippen LogP contribution in [0.15, 0.2) is 24.3 Å². The largest absolute Gasteiger partial charge is 0.388 e. The van der Waals surface area contributed by atoms with Gasteiger partial charge >= 0.3 is 0 Å². The number of nitrogens with one attached hydrogen (secondary N) is 1. The second kappa shape index (κ2) is 5.96. The Hall–Kier alpha value is -1.35. The van der Waals surface area contributed by atoms with Gasteiger partial charge in [-0.15, -0.1) is 0 Å². The first-order valence-corrected chi connectivity index (χ1v) is 7.44. The average Bonchev–Trinajstić information content (AvgIpc) is 2.78. The average molecular weight is 275 g/mol. The van der Waals surface area contributed by atoms with E-state index in [-0.39, 0.29) is 11.8 Å². The van der Waals surface area contributed by atoms with Crippen LogP contribution in [0.1, 0.15) is 38.3 Å². The molecule has 1 aliphatic rings. The fraction of sp³-hybridized carbons (Fsp3) is 0.588. The molecule has 0 radical (unpaired) electrons. The standard InChI is InChI=1S/C17H25NO2/c1-12(2)10-17(3,20)11-18-16(19)15-8-13-6-4-5-7-14(13)9-15/h4-7,12,15,20H,8-11H2,1-3H3,(H,18,19). The molecule has 0 aromatic heterocycles. The van der Waals surface area contributed by atoms with E-state index in [1.165, 1.54) is 11.1 Å². The first-order chi connectivity index (χ1) is 9.37. The number of hydrogen-bond donors (Lipinski definition) is 2. The van der Waals surface area contributed by atoms with Gasteiger partial charge in [-0.3, -0.25) is 4.79 Å². The van der Waals surface area contributed by atoms with E-state index >= 15 is 0 Å². The van der Waals surface area contributed by atoms with Crippen LogP contribution >= 0.6 is 0 Å². The maximum atomic E-state index is 12.2. The van der Waals surface area contributed by atoms with Gasteiger partial charge in [0.15, 0.2) is 0 Å². The Balaban J connectivity index is 1.85. The molecule has 0 saturated carbocycles. The minimum absolute atomic E-state index is 0.0160. The lowest BCUT2D eigenvalue weighted by atomic mass is 9.94. The van der Waals surface area contributed by atoms with Crippen molar-refractivity contribution in [3.63, 3.8) is 0 Å². The Morgan fingerprint density at radius 2 is 1.90 bits per heavy atom. The van der Waals surface area contributed by atoms with Crippen molar-refractivity contribution in [2.24, 2.45) is 11.8 Å². The molecule has 3 heteroatoms. The van der Waals surface area contributed by atoms with Crippen LogP contribution in [0, 0.1) is 11.8 Å². The van der Waals surface area contributed by atoms with E-state index in [9.17, 15) is 9.90 Å². The van der Waals surface area contributed by atoms with E-state index in [4.69, 9.17) is 0 Å². The second-order valence-corrected chi connectivity index (χ2v) is 6.69. The minimum atomic E-state index is -0.824. The van der Waals surface area contributed by atoms with Gasteiger partial charge in [0.25, 0.3) is 0 Å². The molecule has 1 aromatic carbocycles. The Bertz CT molecular complexity index is 455. The quantitative estimate of drug-likeness (QED) is 0.866. The summed E-state index contributed by atoms with van der Waals surface area (Å²) in [6.07, 6.45) is 2.32. The summed E-state index contributed by atoms with van der Waals surface area (Å²) in [6, 6.07) is 8.23. The van der Waals surface area contributed by atoms with E-state index < -0.39 is 5.60 Å². The van der Waals surface area contributed by atoms with Gasteiger partial charge in [0.1, 0.15) is 0 Å². The number of rotatable bonds is 5. The third kappa shape index (κ3) is 3.83. The van der Waals surface area contributed by atoms with Crippen molar-refractivity contribution in [1.82, 2.24) is 5.32 Å².